The van der Waals surface area contributed by atoms with Crippen LogP contribution in [0.3, 0.4) is 0 Å². The number of nitrogens with one attached hydrogen (secondary N) is 2. The number of phenols is 1. The second-order valence-corrected chi connectivity index (χ2v) is 7.72. The van der Waals surface area contributed by atoms with Gasteiger partial charge in [0.1, 0.15) is 11.4 Å². The van der Waals surface area contributed by atoms with E-state index in [2.05, 4.69) is 10.3 Å². The van der Waals surface area contributed by atoms with Crippen LogP contribution in [0.25, 0.3) is 22.2 Å². The predicted molar refractivity (Wildman–Crippen MR) is 108 cm³/mol. The topological polar surface area (TPSA) is 74.4 Å². The standard InChI is InChI=1S/C22H26N2O3/c1-14-9-10-19(25)17(13-14)20-16(15-7-5-6-8-18(15)24-20)11-12-23-21(26)27-22(2,3)4/h5-10,13,24-25H,11-12H2,1-4H3,(H,23,26). The van der Waals surface area contributed by atoms with Crippen LogP contribution in [0.1, 0.15) is 31.9 Å². The minimum Gasteiger partial charge on any atom is -0.507 e. The molecule has 0 aliphatic heterocycles. The number of hydrogen-bond donors (Lipinski definition) is 3. The van der Waals surface area contributed by atoms with Gasteiger partial charge in [-0.1, -0.05) is 29.8 Å². The summed E-state index contributed by atoms with van der Waals surface area (Å²) in [4.78, 5) is 15.3. The lowest BCUT2D eigenvalue weighted by Crippen LogP contribution is -2.33. The number of para-hydroxylation sites is 1. The molecule has 0 spiro atoms. The van der Waals surface area contributed by atoms with Crippen molar-refractivity contribution in [1.82, 2.24) is 10.3 Å². The first-order chi connectivity index (χ1) is 12.7. The molecule has 0 aliphatic carbocycles. The summed E-state index contributed by atoms with van der Waals surface area (Å²) in [5.41, 5.74) is 4.24. The number of rotatable bonds is 4. The van der Waals surface area contributed by atoms with Gasteiger partial charge in [0.2, 0.25) is 0 Å². The Balaban J connectivity index is 1.90. The number of benzene rings is 2. The van der Waals surface area contributed by atoms with Crippen LogP contribution in [-0.2, 0) is 11.2 Å². The molecule has 2 aromatic carbocycles. The van der Waals surface area contributed by atoms with Crippen LogP contribution in [0.2, 0.25) is 0 Å². The van der Waals surface area contributed by atoms with Gasteiger partial charge < -0.3 is 20.1 Å². The van der Waals surface area contributed by atoms with E-state index in [0.29, 0.717) is 13.0 Å². The summed E-state index contributed by atoms with van der Waals surface area (Å²) in [7, 11) is 0. The summed E-state index contributed by atoms with van der Waals surface area (Å²) in [5, 5.41) is 14.3. The molecule has 5 heteroatoms. The number of carbonyl (C=O) groups is 1. The van der Waals surface area contributed by atoms with E-state index in [9.17, 15) is 9.90 Å². The van der Waals surface area contributed by atoms with Crippen LogP contribution in [0, 0.1) is 6.92 Å². The second kappa shape index (κ2) is 7.35. The highest BCUT2D eigenvalue weighted by molar-refractivity contribution is 5.92. The van der Waals surface area contributed by atoms with Gasteiger partial charge in [-0.2, -0.15) is 0 Å². The van der Waals surface area contributed by atoms with Gasteiger partial charge in [0, 0.05) is 23.0 Å². The van der Waals surface area contributed by atoms with E-state index >= 15 is 0 Å². The number of alkyl carbamates (subject to hydrolysis) is 1. The molecule has 3 aromatic rings. The number of aromatic nitrogens is 1. The van der Waals surface area contributed by atoms with Crippen LogP contribution < -0.4 is 5.32 Å². The van der Waals surface area contributed by atoms with Crippen molar-refractivity contribution in [2.24, 2.45) is 0 Å². The van der Waals surface area contributed by atoms with Crippen molar-refractivity contribution < 1.29 is 14.6 Å². The molecule has 3 rings (SSSR count). The average molecular weight is 366 g/mol. The molecule has 0 saturated carbocycles. The van der Waals surface area contributed by atoms with Gasteiger partial charge in [-0.3, -0.25) is 0 Å². The first kappa shape index (κ1) is 18.8. The van der Waals surface area contributed by atoms with Gasteiger partial charge >= 0.3 is 6.09 Å². The fourth-order valence-electron chi connectivity index (χ4n) is 3.14. The van der Waals surface area contributed by atoms with E-state index in [1.807, 2.05) is 64.1 Å². The fourth-order valence-corrected chi connectivity index (χ4v) is 3.14. The van der Waals surface area contributed by atoms with E-state index in [1.165, 1.54) is 0 Å². The summed E-state index contributed by atoms with van der Waals surface area (Å²) in [6.45, 7) is 7.95. The molecular weight excluding hydrogens is 340 g/mol. The smallest absolute Gasteiger partial charge is 0.407 e. The van der Waals surface area contributed by atoms with Crippen LogP contribution in [-0.4, -0.2) is 28.3 Å². The molecule has 3 N–H and O–H groups in total. The summed E-state index contributed by atoms with van der Waals surface area (Å²) in [5.74, 6) is 0.230. The van der Waals surface area contributed by atoms with E-state index in [1.54, 1.807) is 6.07 Å². The van der Waals surface area contributed by atoms with Crippen LogP contribution in [0.4, 0.5) is 4.79 Å². The van der Waals surface area contributed by atoms with Crippen molar-refractivity contribution >= 4 is 17.0 Å². The summed E-state index contributed by atoms with van der Waals surface area (Å²) >= 11 is 0. The molecule has 5 nitrogen and oxygen atoms in total. The number of aryl methyl sites for hydroxylation is 1. The van der Waals surface area contributed by atoms with Gasteiger partial charge in [-0.15, -0.1) is 0 Å². The molecule has 0 fully saturated rings. The molecule has 27 heavy (non-hydrogen) atoms. The largest absolute Gasteiger partial charge is 0.507 e. The number of fused-ring (bicyclic) bond motifs is 1. The first-order valence-electron chi connectivity index (χ1n) is 9.11. The molecule has 0 bridgehead atoms. The summed E-state index contributed by atoms with van der Waals surface area (Å²) < 4.78 is 5.30. The highest BCUT2D eigenvalue weighted by Crippen LogP contribution is 2.36. The maximum Gasteiger partial charge on any atom is 0.407 e. The lowest BCUT2D eigenvalue weighted by Gasteiger charge is -2.19. The Kier molecular flexibility index (Phi) is 5.13. The molecule has 0 atom stereocenters. The molecule has 0 unspecified atom stereocenters. The quantitative estimate of drug-likeness (QED) is 0.614. The van der Waals surface area contributed by atoms with E-state index in [0.717, 1.165) is 33.3 Å². The Morgan fingerprint density at radius 2 is 1.93 bits per heavy atom. The molecule has 0 radical (unpaired) electrons. The van der Waals surface area contributed by atoms with Gasteiger partial charge in [0.15, 0.2) is 0 Å². The van der Waals surface area contributed by atoms with Crippen LogP contribution in [0.15, 0.2) is 42.5 Å². The lowest BCUT2D eigenvalue weighted by molar-refractivity contribution is 0.0528. The SMILES string of the molecule is Cc1ccc(O)c(-c2[nH]c3ccccc3c2CCNC(=O)OC(C)(C)C)c1. The highest BCUT2D eigenvalue weighted by atomic mass is 16.6. The lowest BCUT2D eigenvalue weighted by atomic mass is 10.0. The van der Waals surface area contributed by atoms with Crippen molar-refractivity contribution in [3.63, 3.8) is 0 Å². The summed E-state index contributed by atoms with van der Waals surface area (Å²) in [6, 6.07) is 13.6. The fraction of sp³-hybridized carbons (Fsp3) is 0.318. The number of phenolic OH excluding ortho intramolecular Hbond substituents is 1. The van der Waals surface area contributed by atoms with Crippen LogP contribution in [0.5, 0.6) is 5.75 Å². The maximum absolute atomic E-state index is 11.9. The molecule has 142 valence electrons. The Morgan fingerprint density at radius 1 is 1.19 bits per heavy atom. The van der Waals surface area contributed by atoms with Crippen LogP contribution >= 0.6 is 0 Å². The molecule has 0 saturated heterocycles. The number of amides is 1. The van der Waals surface area contributed by atoms with Gasteiger partial charge in [0.25, 0.3) is 0 Å². The van der Waals surface area contributed by atoms with Crippen molar-refractivity contribution in [2.45, 2.75) is 39.7 Å². The van der Waals surface area contributed by atoms with Gasteiger partial charge in [-0.05, 0) is 57.9 Å². The van der Waals surface area contributed by atoms with E-state index < -0.39 is 11.7 Å². The number of hydrogen-bond acceptors (Lipinski definition) is 3. The van der Waals surface area contributed by atoms with E-state index in [4.69, 9.17) is 4.74 Å². The maximum atomic E-state index is 11.9. The van der Waals surface area contributed by atoms with Gasteiger partial charge in [0.05, 0.1) is 5.69 Å². The predicted octanol–water partition coefficient (Wildman–Crippen LogP) is 4.92. The average Bonchev–Trinajstić information content (AvgIpc) is 2.94. The van der Waals surface area contributed by atoms with E-state index in [-0.39, 0.29) is 5.75 Å². The monoisotopic (exact) mass is 366 g/mol. The second-order valence-electron chi connectivity index (χ2n) is 7.72. The van der Waals surface area contributed by atoms with Crippen molar-refractivity contribution in [1.29, 1.82) is 0 Å². The molecule has 1 amide bonds. The zero-order valence-electron chi connectivity index (χ0n) is 16.2. The Hall–Kier alpha value is -2.95. The Labute approximate surface area is 159 Å². The van der Waals surface area contributed by atoms with Crippen molar-refractivity contribution in [3.05, 3.63) is 53.6 Å². The molecule has 1 heterocycles. The minimum absolute atomic E-state index is 0.230. The summed E-state index contributed by atoms with van der Waals surface area (Å²) in [6.07, 6.45) is 0.189. The normalized spacial score (nSPS) is 11.6. The third-order valence-electron chi connectivity index (χ3n) is 4.28. The molecule has 1 aromatic heterocycles. The molecular formula is C22H26N2O3. The third-order valence-corrected chi connectivity index (χ3v) is 4.28. The van der Waals surface area contributed by atoms with Gasteiger partial charge in [-0.25, -0.2) is 4.79 Å². The highest BCUT2D eigenvalue weighted by Gasteiger charge is 2.18. The van der Waals surface area contributed by atoms with Crippen molar-refractivity contribution in [3.8, 4) is 17.0 Å². The zero-order valence-corrected chi connectivity index (χ0v) is 16.2. The Bertz CT molecular complexity index is 967. The Morgan fingerprint density at radius 3 is 2.67 bits per heavy atom. The third kappa shape index (κ3) is 4.42. The number of aromatic hydroxyl groups is 1. The minimum atomic E-state index is -0.524. The molecule has 0 aliphatic rings. The number of ether oxygens (including phenoxy) is 1. The number of H-pyrrole nitrogens is 1. The first-order valence-corrected chi connectivity index (χ1v) is 9.11. The number of carbonyl (C=O) groups excluding carboxylic acids is 1. The number of aromatic amines is 1. The van der Waals surface area contributed by atoms with Crippen molar-refractivity contribution in [2.75, 3.05) is 6.54 Å². The zero-order chi connectivity index (χ0) is 19.6.